The van der Waals surface area contributed by atoms with Crippen molar-refractivity contribution in [2.75, 3.05) is 0 Å². The summed E-state index contributed by atoms with van der Waals surface area (Å²) in [5.41, 5.74) is 0.834. The molecule has 1 aliphatic heterocycles. The highest BCUT2D eigenvalue weighted by atomic mass is 79.9. The summed E-state index contributed by atoms with van der Waals surface area (Å²) in [7, 11) is 0. The van der Waals surface area contributed by atoms with Gasteiger partial charge in [0.05, 0.1) is 16.9 Å². The Labute approximate surface area is 134 Å². The van der Waals surface area contributed by atoms with E-state index in [9.17, 15) is 14.7 Å². The minimum absolute atomic E-state index is 0.230. The molecule has 1 atom stereocenters. The van der Waals surface area contributed by atoms with E-state index in [2.05, 4.69) is 15.9 Å². The molecule has 0 N–H and O–H groups in total. The Balaban J connectivity index is 2.30. The number of carboxylic acids is 1. The third kappa shape index (κ3) is 3.11. The summed E-state index contributed by atoms with van der Waals surface area (Å²) in [6, 6.07) is 6.35. The van der Waals surface area contributed by atoms with Gasteiger partial charge >= 0.3 is 0 Å². The minimum atomic E-state index is -1.33. The van der Waals surface area contributed by atoms with Gasteiger partial charge in [0.15, 0.2) is 0 Å². The van der Waals surface area contributed by atoms with Crippen molar-refractivity contribution in [3.63, 3.8) is 0 Å². The Morgan fingerprint density at radius 1 is 1.55 bits per heavy atom. The molecule has 1 saturated heterocycles. The molecule has 1 heterocycles. The molecule has 7 heteroatoms. The number of hydrogen-bond donors (Lipinski definition) is 0. The van der Waals surface area contributed by atoms with E-state index in [1.54, 1.807) is 6.08 Å². The second-order valence-electron chi connectivity index (χ2n) is 4.10. The quantitative estimate of drug-likeness (QED) is 0.599. The van der Waals surface area contributed by atoms with E-state index in [0.29, 0.717) is 4.91 Å². The summed E-state index contributed by atoms with van der Waals surface area (Å²) in [5, 5.41) is 10.9. The van der Waals surface area contributed by atoms with Crippen LogP contribution in [0, 0.1) is 0 Å². The zero-order chi connectivity index (χ0) is 14.9. The Bertz CT molecular complexity index is 630. The van der Waals surface area contributed by atoms with Gasteiger partial charge in [-0.05, 0) is 30.7 Å². The Morgan fingerprint density at radius 3 is 2.85 bits per heavy atom. The fourth-order valence-corrected chi connectivity index (χ4v) is 3.50. The maximum Gasteiger partial charge on any atom is 0.266 e. The van der Waals surface area contributed by atoms with E-state index in [4.69, 9.17) is 12.2 Å². The molecule has 1 unspecified atom stereocenters. The Kier molecular flexibility index (Phi) is 4.62. The van der Waals surface area contributed by atoms with Gasteiger partial charge in [0.25, 0.3) is 5.91 Å². The first kappa shape index (κ1) is 15.2. The van der Waals surface area contributed by atoms with Crippen molar-refractivity contribution in [3.8, 4) is 0 Å². The molecule has 1 aromatic carbocycles. The molecule has 1 fully saturated rings. The van der Waals surface area contributed by atoms with Crippen molar-refractivity contribution in [1.82, 2.24) is 4.90 Å². The molecule has 1 aliphatic rings. The smallest absolute Gasteiger partial charge is 0.266 e. The molecule has 20 heavy (non-hydrogen) atoms. The number of halogens is 1. The van der Waals surface area contributed by atoms with Gasteiger partial charge in [-0.3, -0.25) is 9.69 Å². The van der Waals surface area contributed by atoms with Gasteiger partial charge in [-0.2, -0.15) is 0 Å². The van der Waals surface area contributed by atoms with Crippen molar-refractivity contribution in [1.29, 1.82) is 0 Å². The number of hydrogen-bond acceptors (Lipinski definition) is 5. The van der Waals surface area contributed by atoms with Gasteiger partial charge in [0, 0.05) is 4.47 Å². The Hall–Kier alpha value is -1.18. The molecule has 0 aliphatic carbocycles. The number of carbonyl (C=O) groups excluding carboxylic acids is 2. The van der Waals surface area contributed by atoms with Gasteiger partial charge < -0.3 is 9.90 Å². The van der Waals surface area contributed by atoms with Crippen molar-refractivity contribution in [2.24, 2.45) is 0 Å². The molecule has 4 nitrogen and oxygen atoms in total. The molecule has 104 valence electrons. The van der Waals surface area contributed by atoms with Crippen LogP contribution in [-0.2, 0) is 9.59 Å². The molecular weight excluding hydrogens is 362 g/mol. The van der Waals surface area contributed by atoms with E-state index in [1.165, 1.54) is 6.92 Å². The van der Waals surface area contributed by atoms with Gasteiger partial charge in [-0.15, -0.1) is 0 Å². The highest BCUT2D eigenvalue weighted by Crippen LogP contribution is 2.34. The molecule has 0 radical (unpaired) electrons. The predicted octanol–water partition coefficient (Wildman–Crippen LogP) is 1.79. The molecule has 0 saturated carbocycles. The highest BCUT2D eigenvalue weighted by Gasteiger charge is 2.35. The minimum Gasteiger partial charge on any atom is -0.548 e. The molecule has 0 spiro atoms. The van der Waals surface area contributed by atoms with Crippen molar-refractivity contribution in [2.45, 2.75) is 13.0 Å². The van der Waals surface area contributed by atoms with Crippen LogP contribution in [0.1, 0.15) is 12.5 Å². The van der Waals surface area contributed by atoms with Gasteiger partial charge in [-0.1, -0.05) is 52.0 Å². The fourth-order valence-electron chi connectivity index (χ4n) is 1.67. The molecule has 1 amide bonds. The van der Waals surface area contributed by atoms with Crippen LogP contribution in [-0.4, -0.2) is 27.1 Å². The van der Waals surface area contributed by atoms with Crippen LogP contribution >= 0.6 is 39.9 Å². The third-order valence-electron chi connectivity index (χ3n) is 2.70. The number of thioether (sulfide) groups is 1. The number of rotatable bonds is 3. The second kappa shape index (κ2) is 6.07. The molecule has 1 aromatic rings. The van der Waals surface area contributed by atoms with E-state index >= 15 is 0 Å². The predicted molar refractivity (Wildman–Crippen MR) is 83.6 cm³/mol. The maximum absolute atomic E-state index is 12.2. The van der Waals surface area contributed by atoms with Crippen LogP contribution in [0.15, 0.2) is 33.6 Å². The van der Waals surface area contributed by atoms with Crippen LogP contribution in [0.3, 0.4) is 0 Å². The Morgan fingerprint density at radius 2 is 2.25 bits per heavy atom. The zero-order valence-electron chi connectivity index (χ0n) is 10.3. The second-order valence-corrected chi connectivity index (χ2v) is 6.69. The van der Waals surface area contributed by atoms with Crippen molar-refractivity contribution >= 4 is 62.2 Å². The number of carboxylic acid groups (broad SMARTS) is 1. The first-order chi connectivity index (χ1) is 9.40. The van der Waals surface area contributed by atoms with Gasteiger partial charge in [0.2, 0.25) is 0 Å². The number of nitrogens with zero attached hydrogens (tertiary/aromatic N) is 1. The van der Waals surface area contributed by atoms with Crippen molar-refractivity contribution in [3.05, 3.63) is 39.2 Å². The number of aliphatic carboxylic acids is 1. The lowest BCUT2D eigenvalue weighted by Crippen LogP contribution is -2.48. The number of amides is 1. The van der Waals surface area contributed by atoms with E-state index < -0.39 is 17.9 Å². The monoisotopic (exact) mass is 370 g/mol. The molecular formula is C13H9BrNO3S2-. The SMILES string of the molecule is CC(C(=O)[O-])N1C(=O)C(=Cc2cccc(Br)c2)SC1=S. The normalized spacial score (nSPS) is 18.7. The standard InChI is InChI=1S/C13H10BrNO3S2/c1-7(12(17)18)15-11(16)10(20-13(15)19)6-8-3-2-4-9(14)5-8/h2-7H,1H3,(H,17,18)/p-1. The van der Waals surface area contributed by atoms with Gasteiger partial charge in [-0.25, -0.2) is 0 Å². The molecule has 0 aromatic heterocycles. The fraction of sp³-hybridized carbons (Fsp3) is 0.154. The summed E-state index contributed by atoms with van der Waals surface area (Å²) in [6.45, 7) is 1.38. The van der Waals surface area contributed by atoms with Gasteiger partial charge in [0.1, 0.15) is 4.32 Å². The van der Waals surface area contributed by atoms with Crippen LogP contribution in [0.2, 0.25) is 0 Å². The first-order valence-electron chi connectivity index (χ1n) is 5.63. The average molecular weight is 371 g/mol. The first-order valence-corrected chi connectivity index (χ1v) is 7.65. The van der Waals surface area contributed by atoms with Crippen LogP contribution in [0.4, 0.5) is 0 Å². The lowest BCUT2D eigenvalue weighted by molar-refractivity contribution is -0.309. The van der Waals surface area contributed by atoms with Crippen molar-refractivity contribution < 1.29 is 14.7 Å². The summed E-state index contributed by atoms with van der Waals surface area (Å²) in [6.07, 6.45) is 1.69. The summed E-state index contributed by atoms with van der Waals surface area (Å²) in [5.74, 6) is -1.73. The zero-order valence-corrected chi connectivity index (χ0v) is 13.5. The van der Waals surface area contributed by atoms with Crippen LogP contribution < -0.4 is 5.11 Å². The van der Waals surface area contributed by atoms with Crippen LogP contribution in [0.5, 0.6) is 0 Å². The average Bonchev–Trinajstić information content (AvgIpc) is 2.63. The third-order valence-corrected chi connectivity index (χ3v) is 4.52. The maximum atomic E-state index is 12.2. The highest BCUT2D eigenvalue weighted by molar-refractivity contribution is 9.10. The number of benzene rings is 1. The number of thiocarbonyl (C=S) groups is 1. The summed E-state index contributed by atoms with van der Waals surface area (Å²) >= 11 is 9.50. The lowest BCUT2D eigenvalue weighted by Gasteiger charge is -2.23. The van der Waals surface area contributed by atoms with E-state index in [-0.39, 0.29) is 4.32 Å². The van der Waals surface area contributed by atoms with E-state index in [0.717, 1.165) is 26.7 Å². The lowest BCUT2D eigenvalue weighted by atomic mass is 10.2. The topological polar surface area (TPSA) is 60.4 Å². The summed E-state index contributed by atoms with van der Waals surface area (Å²) in [4.78, 5) is 24.6. The summed E-state index contributed by atoms with van der Waals surface area (Å²) < 4.78 is 1.12. The molecule has 2 rings (SSSR count). The van der Waals surface area contributed by atoms with Crippen LogP contribution in [0.25, 0.3) is 6.08 Å². The molecule has 0 bridgehead atoms. The largest absolute Gasteiger partial charge is 0.548 e. The van der Waals surface area contributed by atoms with E-state index in [1.807, 2.05) is 24.3 Å². The number of carbonyl (C=O) groups is 2.